The van der Waals surface area contributed by atoms with Gasteiger partial charge in [0, 0.05) is 0 Å². The minimum atomic E-state index is 0.394. The van der Waals surface area contributed by atoms with Crippen LogP contribution in [0, 0.1) is 7.11 Å². The molecule has 0 heterocycles. The van der Waals surface area contributed by atoms with Crippen LogP contribution in [0.1, 0.15) is 19.3 Å². The van der Waals surface area contributed by atoms with E-state index in [-0.39, 0.29) is 0 Å². The molecule has 1 fully saturated rings. The van der Waals surface area contributed by atoms with E-state index in [4.69, 9.17) is 7.11 Å². The quantitative estimate of drug-likeness (QED) is 0.464. The highest BCUT2D eigenvalue weighted by molar-refractivity contribution is 4.68. The molecule has 0 atom stereocenters. The minimum absolute atomic E-state index is 0.394. The number of ether oxygens (including phenoxy) is 1. The fourth-order valence-electron chi connectivity index (χ4n) is 0.507. The molecule has 0 aromatic rings. The maximum atomic E-state index is 4.83. The van der Waals surface area contributed by atoms with E-state index in [1.54, 1.807) is 0 Å². The molecule has 0 aromatic carbocycles. The molecule has 0 bridgehead atoms. The largest absolute Gasteiger partial charge is 0.369 e. The first-order chi connectivity index (χ1) is 2.93. The van der Waals surface area contributed by atoms with Crippen LogP contribution in [0.25, 0.3) is 0 Å². The average molecular weight is 84.1 g/mol. The molecule has 1 rings (SSSR count). The summed E-state index contributed by atoms with van der Waals surface area (Å²) in [6.45, 7) is 0. The van der Waals surface area contributed by atoms with Crippen LogP contribution < -0.4 is 0 Å². The van der Waals surface area contributed by atoms with Crippen LogP contribution in [-0.4, -0.2) is 6.10 Å². The molecule has 1 saturated carbocycles. The van der Waals surface area contributed by atoms with Crippen molar-refractivity contribution in [1.82, 2.24) is 0 Å². The standard InChI is InChI=1S/C5H8O/c1-6-5-3-2-4-5/h1,5H,2-4H2. The molecule has 1 aliphatic carbocycles. The van der Waals surface area contributed by atoms with Crippen molar-refractivity contribution in [2.75, 3.05) is 0 Å². The first-order valence-electron chi connectivity index (χ1n) is 2.29. The number of rotatable bonds is 1. The van der Waals surface area contributed by atoms with Crippen molar-refractivity contribution in [1.29, 1.82) is 0 Å². The fourth-order valence-corrected chi connectivity index (χ4v) is 0.507. The highest BCUT2D eigenvalue weighted by atomic mass is 16.5. The van der Waals surface area contributed by atoms with Gasteiger partial charge in [0.1, 0.15) is 7.11 Å². The van der Waals surface area contributed by atoms with E-state index in [1.807, 2.05) is 0 Å². The monoisotopic (exact) mass is 84.1 g/mol. The van der Waals surface area contributed by atoms with Crippen LogP contribution >= 0.6 is 0 Å². The summed E-state index contributed by atoms with van der Waals surface area (Å²) in [4.78, 5) is 0. The molecular weight excluding hydrogens is 76.1 g/mol. The zero-order chi connectivity index (χ0) is 4.41. The van der Waals surface area contributed by atoms with Crippen LogP contribution in [0.5, 0.6) is 0 Å². The van der Waals surface area contributed by atoms with Crippen LogP contribution in [0.15, 0.2) is 0 Å². The molecule has 0 saturated heterocycles. The van der Waals surface area contributed by atoms with Gasteiger partial charge in [-0.15, -0.1) is 0 Å². The molecule has 0 unspecified atom stereocenters. The lowest BCUT2D eigenvalue weighted by molar-refractivity contribution is 0.0688. The molecule has 2 radical (unpaired) electrons. The molecule has 1 nitrogen and oxygen atoms in total. The summed E-state index contributed by atoms with van der Waals surface area (Å²) in [7, 11) is 4.83. The van der Waals surface area contributed by atoms with Crippen molar-refractivity contribution in [3.8, 4) is 0 Å². The number of hydrogen-bond acceptors (Lipinski definition) is 1. The molecule has 0 spiro atoms. The van der Waals surface area contributed by atoms with E-state index >= 15 is 0 Å². The maximum Gasteiger partial charge on any atom is 0.115 e. The molecule has 0 aliphatic heterocycles. The fraction of sp³-hybridized carbons (Fsp3) is 0.800. The van der Waals surface area contributed by atoms with Gasteiger partial charge in [0.25, 0.3) is 0 Å². The molecule has 1 heteroatoms. The van der Waals surface area contributed by atoms with Crippen LogP contribution in [0.3, 0.4) is 0 Å². The zero-order valence-electron chi connectivity index (χ0n) is 3.68. The Morgan fingerprint density at radius 1 is 1.50 bits per heavy atom. The van der Waals surface area contributed by atoms with Crippen molar-refractivity contribution >= 4 is 0 Å². The second-order valence-electron chi connectivity index (χ2n) is 1.69. The van der Waals surface area contributed by atoms with E-state index in [1.165, 1.54) is 6.42 Å². The van der Waals surface area contributed by atoms with Gasteiger partial charge in [-0.05, 0) is 19.3 Å². The first kappa shape index (κ1) is 4.13. The highest BCUT2D eigenvalue weighted by Gasteiger charge is 2.15. The Labute approximate surface area is 38.3 Å². The summed E-state index contributed by atoms with van der Waals surface area (Å²) in [6.07, 6.45) is 4.01. The van der Waals surface area contributed by atoms with Crippen molar-refractivity contribution in [3.05, 3.63) is 7.11 Å². The Kier molecular flexibility index (Phi) is 1.10. The van der Waals surface area contributed by atoms with Gasteiger partial charge >= 0.3 is 0 Å². The Hall–Kier alpha value is -0.0400. The molecule has 34 valence electrons. The molecule has 6 heavy (non-hydrogen) atoms. The maximum absolute atomic E-state index is 4.83. The second-order valence-corrected chi connectivity index (χ2v) is 1.69. The molecule has 0 aromatic heterocycles. The normalized spacial score (nSPS) is 23.5. The third kappa shape index (κ3) is 0.548. The Morgan fingerprint density at radius 2 is 2.17 bits per heavy atom. The first-order valence-corrected chi connectivity index (χ1v) is 2.29. The van der Waals surface area contributed by atoms with Crippen LogP contribution in [-0.2, 0) is 4.74 Å². The molecule has 0 amide bonds. The predicted octanol–water partition coefficient (Wildman–Crippen LogP) is 1.22. The van der Waals surface area contributed by atoms with Crippen molar-refractivity contribution in [3.63, 3.8) is 0 Å². The van der Waals surface area contributed by atoms with E-state index in [9.17, 15) is 0 Å². The van der Waals surface area contributed by atoms with Crippen molar-refractivity contribution in [2.45, 2.75) is 25.4 Å². The van der Waals surface area contributed by atoms with Gasteiger partial charge in [-0.3, -0.25) is 0 Å². The van der Waals surface area contributed by atoms with Gasteiger partial charge in [-0.1, -0.05) is 0 Å². The average Bonchev–Trinajstić information content (AvgIpc) is 1.31. The summed E-state index contributed by atoms with van der Waals surface area (Å²) in [5.74, 6) is 0. The zero-order valence-corrected chi connectivity index (χ0v) is 3.68. The molecule has 0 N–H and O–H groups in total. The second kappa shape index (κ2) is 1.61. The minimum Gasteiger partial charge on any atom is -0.369 e. The van der Waals surface area contributed by atoms with Gasteiger partial charge in [0.05, 0.1) is 6.10 Å². The summed E-state index contributed by atoms with van der Waals surface area (Å²) < 4.78 is 4.49. The Bertz CT molecular complexity index is 36.4. The summed E-state index contributed by atoms with van der Waals surface area (Å²) in [5.41, 5.74) is 0. The SMILES string of the molecule is [CH]OC1CCC1. The van der Waals surface area contributed by atoms with E-state index in [0.717, 1.165) is 12.8 Å². The smallest absolute Gasteiger partial charge is 0.115 e. The van der Waals surface area contributed by atoms with Crippen LogP contribution in [0.2, 0.25) is 0 Å². The lowest BCUT2D eigenvalue weighted by atomic mass is 9.96. The topological polar surface area (TPSA) is 9.23 Å². The third-order valence-electron chi connectivity index (χ3n) is 1.24. The summed E-state index contributed by atoms with van der Waals surface area (Å²) in [5, 5.41) is 0. The predicted molar refractivity (Wildman–Crippen MR) is 23.0 cm³/mol. The van der Waals surface area contributed by atoms with E-state index in [0.29, 0.717) is 6.10 Å². The Morgan fingerprint density at radius 3 is 2.17 bits per heavy atom. The van der Waals surface area contributed by atoms with E-state index in [2.05, 4.69) is 4.74 Å². The van der Waals surface area contributed by atoms with Crippen molar-refractivity contribution < 1.29 is 4.74 Å². The Balaban J connectivity index is 2.01. The van der Waals surface area contributed by atoms with Gasteiger partial charge < -0.3 is 4.74 Å². The van der Waals surface area contributed by atoms with E-state index < -0.39 is 0 Å². The molecule has 1 aliphatic rings. The highest BCUT2D eigenvalue weighted by Crippen LogP contribution is 2.20. The lowest BCUT2D eigenvalue weighted by Gasteiger charge is -2.22. The van der Waals surface area contributed by atoms with Crippen molar-refractivity contribution in [2.24, 2.45) is 0 Å². The lowest BCUT2D eigenvalue weighted by Crippen LogP contribution is -2.18. The number of hydrogen-bond donors (Lipinski definition) is 0. The van der Waals surface area contributed by atoms with Gasteiger partial charge in [0.15, 0.2) is 0 Å². The van der Waals surface area contributed by atoms with Crippen LogP contribution in [0.4, 0.5) is 0 Å². The summed E-state index contributed by atoms with van der Waals surface area (Å²) in [6, 6.07) is 0. The van der Waals surface area contributed by atoms with Gasteiger partial charge in [0.2, 0.25) is 0 Å². The third-order valence-corrected chi connectivity index (χ3v) is 1.24. The van der Waals surface area contributed by atoms with Gasteiger partial charge in [-0.2, -0.15) is 0 Å². The molecular formula is C5H8O. The summed E-state index contributed by atoms with van der Waals surface area (Å²) >= 11 is 0. The van der Waals surface area contributed by atoms with Gasteiger partial charge in [-0.25, -0.2) is 0 Å².